The number of carboxylic acid groups (broad SMARTS) is 1. The van der Waals surface area contributed by atoms with Crippen LogP contribution >= 0.6 is 0 Å². The van der Waals surface area contributed by atoms with Gasteiger partial charge in [-0.25, -0.2) is 0 Å². The average Bonchev–Trinajstić information content (AvgIpc) is 2.64. The highest BCUT2D eigenvalue weighted by molar-refractivity contribution is 5.79. The molecule has 0 aromatic rings. The van der Waals surface area contributed by atoms with E-state index in [1.807, 2.05) is 0 Å². The molecule has 0 unspecified atom stereocenters. The molecule has 2 saturated carbocycles. The van der Waals surface area contributed by atoms with Crippen LogP contribution < -0.4 is 5.32 Å². The SMILES string of the molecule is CC1(C)CC(C)(C)CC(NC2CCCC2)(C(=O)O)C1. The van der Waals surface area contributed by atoms with Crippen molar-refractivity contribution in [1.82, 2.24) is 5.32 Å². The van der Waals surface area contributed by atoms with Crippen molar-refractivity contribution in [2.45, 2.75) is 84.2 Å². The average molecular weight is 267 g/mol. The topological polar surface area (TPSA) is 49.3 Å². The minimum Gasteiger partial charge on any atom is -0.480 e. The van der Waals surface area contributed by atoms with E-state index in [2.05, 4.69) is 33.0 Å². The van der Waals surface area contributed by atoms with Gasteiger partial charge in [-0.2, -0.15) is 0 Å². The third-order valence-corrected chi connectivity index (χ3v) is 4.76. The molecule has 0 spiro atoms. The molecule has 0 aromatic heterocycles. The predicted molar refractivity (Wildman–Crippen MR) is 77.2 cm³/mol. The molecule has 0 atom stereocenters. The van der Waals surface area contributed by atoms with Gasteiger partial charge in [-0.3, -0.25) is 10.1 Å². The Morgan fingerprint density at radius 2 is 1.47 bits per heavy atom. The third kappa shape index (κ3) is 3.31. The smallest absolute Gasteiger partial charge is 0.323 e. The number of hydrogen-bond donors (Lipinski definition) is 2. The van der Waals surface area contributed by atoms with Crippen LogP contribution in [0.1, 0.15) is 72.6 Å². The van der Waals surface area contributed by atoms with Gasteiger partial charge in [-0.15, -0.1) is 0 Å². The molecule has 19 heavy (non-hydrogen) atoms. The molecule has 2 aliphatic carbocycles. The monoisotopic (exact) mass is 267 g/mol. The Morgan fingerprint density at radius 3 is 1.89 bits per heavy atom. The maximum Gasteiger partial charge on any atom is 0.323 e. The maximum atomic E-state index is 12.0. The Kier molecular flexibility index (Phi) is 3.72. The minimum atomic E-state index is -0.722. The van der Waals surface area contributed by atoms with Crippen LogP contribution in [-0.4, -0.2) is 22.7 Å². The third-order valence-electron chi connectivity index (χ3n) is 4.76. The van der Waals surface area contributed by atoms with Gasteiger partial charge >= 0.3 is 5.97 Å². The quantitative estimate of drug-likeness (QED) is 0.821. The van der Waals surface area contributed by atoms with Crippen molar-refractivity contribution in [3.05, 3.63) is 0 Å². The number of nitrogens with one attached hydrogen (secondary N) is 1. The van der Waals surface area contributed by atoms with E-state index in [4.69, 9.17) is 0 Å². The lowest BCUT2D eigenvalue weighted by Gasteiger charge is -2.51. The van der Waals surface area contributed by atoms with Crippen LogP contribution in [0.5, 0.6) is 0 Å². The van der Waals surface area contributed by atoms with E-state index >= 15 is 0 Å². The standard InChI is InChI=1S/C16H29NO2/c1-14(2)9-15(3,4)11-16(10-14,13(18)19)17-12-7-5-6-8-12/h12,17H,5-11H2,1-4H3,(H,18,19). The van der Waals surface area contributed by atoms with Crippen LogP contribution in [0.2, 0.25) is 0 Å². The highest BCUT2D eigenvalue weighted by atomic mass is 16.4. The van der Waals surface area contributed by atoms with Crippen molar-refractivity contribution in [2.24, 2.45) is 10.8 Å². The second kappa shape index (κ2) is 4.76. The number of aliphatic carboxylic acids is 1. The van der Waals surface area contributed by atoms with Crippen molar-refractivity contribution in [3.63, 3.8) is 0 Å². The Morgan fingerprint density at radius 1 is 1.00 bits per heavy atom. The summed E-state index contributed by atoms with van der Waals surface area (Å²) in [4.78, 5) is 12.0. The molecule has 2 rings (SSSR count). The van der Waals surface area contributed by atoms with Gasteiger partial charge < -0.3 is 5.11 Å². The van der Waals surface area contributed by atoms with Crippen LogP contribution in [0.15, 0.2) is 0 Å². The van der Waals surface area contributed by atoms with Crippen LogP contribution in [-0.2, 0) is 4.79 Å². The van der Waals surface area contributed by atoms with Crippen LogP contribution in [0.4, 0.5) is 0 Å². The van der Waals surface area contributed by atoms with E-state index < -0.39 is 11.5 Å². The van der Waals surface area contributed by atoms with Gasteiger partial charge in [0.1, 0.15) is 5.54 Å². The predicted octanol–water partition coefficient (Wildman–Crippen LogP) is 3.58. The first-order valence-electron chi connectivity index (χ1n) is 7.65. The van der Waals surface area contributed by atoms with Gasteiger partial charge in [0.15, 0.2) is 0 Å². The Labute approximate surface area is 117 Å². The highest BCUT2D eigenvalue weighted by Crippen LogP contribution is 2.50. The Balaban J connectivity index is 2.24. The summed E-state index contributed by atoms with van der Waals surface area (Å²) in [5, 5.41) is 13.4. The first-order valence-corrected chi connectivity index (χ1v) is 7.65. The van der Waals surface area contributed by atoms with Gasteiger partial charge in [0, 0.05) is 6.04 Å². The van der Waals surface area contributed by atoms with Crippen molar-refractivity contribution in [2.75, 3.05) is 0 Å². The molecule has 3 heteroatoms. The van der Waals surface area contributed by atoms with Crippen LogP contribution in [0.25, 0.3) is 0 Å². The zero-order chi connectivity index (χ0) is 14.3. The summed E-state index contributed by atoms with van der Waals surface area (Å²) >= 11 is 0. The molecule has 0 aliphatic heterocycles. The van der Waals surface area contributed by atoms with E-state index in [1.54, 1.807) is 0 Å². The lowest BCUT2D eigenvalue weighted by Crippen LogP contribution is -2.62. The van der Waals surface area contributed by atoms with Crippen LogP contribution in [0, 0.1) is 10.8 Å². The first kappa shape index (κ1) is 14.8. The molecule has 3 nitrogen and oxygen atoms in total. The molecule has 0 bridgehead atoms. The fourth-order valence-electron chi connectivity index (χ4n) is 4.89. The molecule has 0 saturated heterocycles. The summed E-state index contributed by atoms with van der Waals surface area (Å²) in [6.07, 6.45) is 7.33. The normalized spacial score (nSPS) is 29.3. The molecule has 0 radical (unpaired) electrons. The molecular formula is C16H29NO2. The molecule has 110 valence electrons. The Bertz CT molecular complexity index is 338. The number of rotatable bonds is 3. The molecule has 0 heterocycles. The number of carboxylic acids is 1. The summed E-state index contributed by atoms with van der Waals surface area (Å²) < 4.78 is 0. The zero-order valence-corrected chi connectivity index (χ0v) is 12.9. The summed E-state index contributed by atoms with van der Waals surface area (Å²) in [6, 6.07) is 0.404. The second-order valence-corrected chi connectivity index (χ2v) is 8.37. The summed E-state index contributed by atoms with van der Waals surface area (Å²) in [5.41, 5.74) is -0.544. The zero-order valence-electron chi connectivity index (χ0n) is 12.9. The second-order valence-electron chi connectivity index (χ2n) is 8.37. The molecule has 2 fully saturated rings. The van der Waals surface area contributed by atoms with E-state index in [0.29, 0.717) is 6.04 Å². The fourth-order valence-corrected chi connectivity index (χ4v) is 4.89. The van der Waals surface area contributed by atoms with Gasteiger partial charge in [0.2, 0.25) is 0 Å². The van der Waals surface area contributed by atoms with E-state index in [9.17, 15) is 9.90 Å². The van der Waals surface area contributed by atoms with Gasteiger partial charge in [0.05, 0.1) is 0 Å². The van der Waals surface area contributed by atoms with Crippen molar-refractivity contribution < 1.29 is 9.90 Å². The maximum absolute atomic E-state index is 12.0. The minimum absolute atomic E-state index is 0.0890. The molecule has 0 aromatic carbocycles. The van der Waals surface area contributed by atoms with E-state index in [0.717, 1.165) is 32.1 Å². The van der Waals surface area contributed by atoms with Gasteiger partial charge in [0.25, 0.3) is 0 Å². The van der Waals surface area contributed by atoms with Crippen molar-refractivity contribution in [3.8, 4) is 0 Å². The molecular weight excluding hydrogens is 238 g/mol. The van der Waals surface area contributed by atoms with Crippen molar-refractivity contribution >= 4 is 5.97 Å². The molecule has 2 N–H and O–H groups in total. The fraction of sp³-hybridized carbons (Fsp3) is 0.938. The largest absolute Gasteiger partial charge is 0.480 e. The summed E-state index contributed by atoms with van der Waals surface area (Å²) in [5.74, 6) is -0.653. The van der Waals surface area contributed by atoms with Crippen molar-refractivity contribution in [1.29, 1.82) is 0 Å². The highest BCUT2D eigenvalue weighted by Gasteiger charge is 2.52. The lowest BCUT2D eigenvalue weighted by molar-refractivity contribution is -0.152. The van der Waals surface area contributed by atoms with E-state index in [1.165, 1.54) is 12.8 Å². The van der Waals surface area contributed by atoms with Crippen LogP contribution in [0.3, 0.4) is 0 Å². The summed E-state index contributed by atoms with van der Waals surface area (Å²) in [7, 11) is 0. The van der Waals surface area contributed by atoms with Gasteiger partial charge in [-0.05, 0) is 42.9 Å². The van der Waals surface area contributed by atoms with E-state index in [-0.39, 0.29) is 10.8 Å². The molecule has 0 amide bonds. The first-order chi connectivity index (χ1) is 8.64. The van der Waals surface area contributed by atoms with Gasteiger partial charge in [-0.1, -0.05) is 40.5 Å². The lowest BCUT2D eigenvalue weighted by atomic mass is 9.58. The number of hydrogen-bond acceptors (Lipinski definition) is 2. The molecule has 2 aliphatic rings. The Hall–Kier alpha value is -0.570. The number of carbonyl (C=O) groups is 1. The summed E-state index contributed by atoms with van der Waals surface area (Å²) in [6.45, 7) is 8.84.